The van der Waals surface area contributed by atoms with E-state index in [9.17, 15) is 9.90 Å². The molecule has 4 aromatic rings. The molecule has 0 radical (unpaired) electrons. The third kappa shape index (κ3) is 4.90. The van der Waals surface area contributed by atoms with Gasteiger partial charge in [-0.1, -0.05) is 42.5 Å². The Labute approximate surface area is 192 Å². The van der Waals surface area contributed by atoms with Crippen LogP contribution in [0.3, 0.4) is 0 Å². The molecule has 0 saturated carbocycles. The van der Waals surface area contributed by atoms with E-state index in [-0.39, 0.29) is 5.56 Å². The summed E-state index contributed by atoms with van der Waals surface area (Å²) in [5.41, 5.74) is 2.94. The number of fused-ring (bicyclic) bond motifs is 1. The Kier molecular flexibility index (Phi) is 6.74. The van der Waals surface area contributed by atoms with Crippen LogP contribution in [0.2, 0.25) is 0 Å². The molecular weight excluding hydrogens is 418 g/mol. The number of methoxy groups -OCH3 is 2. The van der Waals surface area contributed by atoms with Crippen molar-refractivity contribution in [1.82, 2.24) is 4.98 Å². The number of carboxylic acids is 1. The highest BCUT2D eigenvalue weighted by atomic mass is 16.5. The summed E-state index contributed by atoms with van der Waals surface area (Å²) in [7, 11) is 3.09. The SMILES string of the molecule is COc1cc(-c2cc(C(=O)[O-])c3cccc(OC)c3n2)ccc1OCCCc1ccccc1. The van der Waals surface area contributed by atoms with Crippen LogP contribution in [0.5, 0.6) is 17.2 Å². The standard InChI is InChI=1S/C27H25NO5/c1-31-24-12-6-11-20-21(27(29)30)17-22(28-26(20)24)19-13-14-23(25(16-19)32-2)33-15-7-10-18-8-4-3-5-9-18/h3-6,8-9,11-14,16-17H,7,10,15H2,1-2H3,(H,29,30)/p-1. The Hall–Kier alpha value is -4.06. The van der Waals surface area contributed by atoms with Crippen LogP contribution in [-0.4, -0.2) is 31.8 Å². The van der Waals surface area contributed by atoms with E-state index < -0.39 is 5.97 Å². The molecule has 6 nitrogen and oxygen atoms in total. The summed E-state index contributed by atoms with van der Waals surface area (Å²) >= 11 is 0. The molecule has 1 aromatic heterocycles. The normalized spacial score (nSPS) is 10.7. The van der Waals surface area contributed by atoms with Crippen LogP contribution in [0.25, 0.3) is 22.2 Å². The fourth-order valence-electron chi connectivity index (χ4n) is 3.75. The third-order valence-corrected chi connectivity index (χ3v) is 5.41. The van der Waals surface area contributed by atoms with Gasteiger partial charge in [0.25, 0.3) is 0 Å². The summed E-state index contributed by atoms with van der Waals surface area (Å²) in [5, 5.41) is 12.3. The van der Waals surface area contributed by atoms with Crippen molar-refractivity contribution in [2.24, 2.45) is 0 Å². The van der Waals surface area contributed by atoms with E-state index >= 15 is 0 Å². The van der Waals surface area contributed by atoms with E-state index in [0.29, 0.717) is 46.0 Å². The predicted octanol–water partition coefficient (Wildman–Crippen LogP) is 4.29. The lowest BCUT2D eigenvalue weighted by atomic mass is 10.0. The second-order valence-corrected chi connectivity index (χ2v) is 7.50. The summed E-state index contributed by atoms with van der Waals surface area (Å²) < 4.78 is 16.8. The minimum atomic E-state index is -1.28. The van der Waals surface area contributed by atoms with Crippen LogP contribution in [0.4, 0.5) is 0 Å². The molecule has 0 fully saturated rings. The number of aryl methyl sites for hydroxylation is 1. The van der Waals surface area contributed by atoms with Gasteiger partial charge in [-0.2, -0.15) is 0 Å². The number of hydrogen-bond acceptors (Lipinski definition) is 6. The first-order valence-corrected chi connectivity index (χ1v) is 10.6. The Morgan fingerprint density at radius 3 is 2.39 bits per heavy atom. The largest absolute Gasteiger partial charge is 0.545 e. The number of carboxylic acid groups (broad SMARTS) is 1. The van der Waals surface area contributed by atoms with Crippen molar-refractivity contribution in [2.45, 2.75) is 12.8 Å². The van der Waals surface area contributed by atoms with Crippen LogP contribution in [0.15, 0.2) is 72.8 Å². The molecule has 0 N–H and O–H groups in total. The highest BCUT2D eigenvalue weighted by Gasteiger charge is 2.14. The Balaban J connectivity index is 1.60. The number of ether oxygens (including phenoxy) is 3. The van der Waals surface area contributed by atoms with Crippen LogP contribution in [0.1, 0.15) is 22.3 Å². The minimum absolute atomic E-state index is 0.0501. The van der Waals surface area contributed by atoms with E-state index in [1.165, 1.54) is 18.7 Å². The number of rotatable bonds is 9. The quantitative estimate of drug-likeness (QED) is 0.360. The highest BCUT2D eigenvalue weighted by molar-refractivity contribution is 6.04. The van der Waals surface area contributed by atoms with Gasteiger partial charge in [-0.05, 0) is 48.7 Å². The number of para-hydroxylation sites is 1. The fourth-order valence-corrected chi connectivity index (χ4v) is 3.75. The van der Waals surface area contributed by atoms with Gasteiger partial charge in [0, 0.05) is 16.5 Å². The van der Waals surface area contributed by atoms with Gasteiger partial charge < -0.3 is 24.1 Å². The minimum Gasteiger partial charge on any atom is -0.545 e. The van der Waals surface area contributed by atoms with Crippen LogP contribution in [-0.2, 0) is 6.42 Å². The van der Waals surface area contributed by atoms with E-state index in [1.807, 2.05) is 30.3 Å². The molecule has 0 spiro atoms. The van der Waals surface area contributed by atoms with Gasteiger partial charge in [-0.3, -0.25) is 0 Å². The molecule has 4 rings (SSSR count). The lowest BCUT2D eigenvalue weighted by Crippen LogP contribution is -2.22. The molecule has 0 aliphatic rings. The highest BCUT2D eigenvalue weighted by Crippen LogP contribution is 2.35. The average Bonchev–Trinajstić information content (AvgIpc) is 2.86. The topological polar surface area (TPSA) is 80.7 Å². The summed E-state index contributed by atoms with van der Waals surface area (Å²) in [6.45, 7) is 0.546. The van der Waals surface area contributed by atoms with Crippen LogP contribution in [0, 0.1) is 0 Å². The van der Waals surface area contributed by atoms with Crippen LogP contribution < -0.4 is 19.3 Å². The summed E-state index contributed by atoms with van der Waals surface area (Å²) in [4.78, 5) is 16.5. The molecule has 6 heteroatoms. The Morgan fingerprint density at radius 1 is 0.879 bits per heavy atom. The molecule has 3 aromatic carbocycles. The number of carbonyl (C=O) groups excluding carboxylic acids is 1. The lowest BCUT2D eigenvalue weighted by Gasteiger charge is -2.15. The second kappa shape index (κ2) is 10.0. The zero-order chi connectivity index (χ0) is 23.2. The first-order chi connectivity index (χ1) is 16.1. The lowest BCUT2D eigenvalue weighted by molar-refractivity contribution is -0.254. The molecule has 168 valence electrons. The van der Waals surface area contributed by atoms with Crippen molar-refractivity contribution in [3.8, 4) is 28.5 Å². The monoisotopic (exact) mass is 442 g/mol. The van der Waals surface area contributed by atoms with Crippen molar-refractivity contribution in [2.75, 3.05) is 20.8 Å². The van der Waals surface area contributed by atoms with Crippen molar-refractivity contribution in [3.63, 3.8) is 0 Å². The molecule has 0 aliphatic heterocycles. The molecule has 0 aliphatic carbocycles. The van der Waals surface area contributed by atoms with Crippen molar-refractivity contribution in [3.05, 3.63) is 83.9 Å². The molecule has 33 heavy (non-hydrogen) atoms. The number of aromatic carboxylic acids is 1. The Morgan fingerprint density at radius 2 is 1.67 bits per heavy atom. The summed E-state index contributed by atoms with van der Waals surface area (Å²) in [6, 6.07) is 22.3. The number of hydrogen-bond donors (Lipinski definition) is 0. The van der Waals surface area contributed by atoms with E-state index in [4.69, 9.17) is 14.2 Å². The first-order valence-electron chi connectivity index (χ1n) is 10.6. The number of carbonyl (C=O) groups is 1. The molecule has 0 saturated heterocycles. The zero-order valence-corrected chi connectivity index (χ0v) is 18.5. The average molecular weight is 442 g/mol. The third-order valence-electron chi connectivity index (χ3n) is 5.41. The van der Waals surface area contributed by atoms with Crippen molar-refractivity contribution >= 4 is 16.9 Å². The van der Waals surface area contributed by atoms with Gasteiger partial charge in [0.05, 0.1) is 32.5 Å². The van der Waals surface area contributed by atoms with E-state index in [2.05, 4.69) is 17.1 Å². The molecule has 0 bridgehead atoms. The molecular formula is C27H24NO5-. The number of pyridine rings is 1. The fraction of sp³-hybridized carbons (Fsp3) is 0.185. The zero-order valence-electron chi connectivity index (χ0n) is 18.5. The maximum absolute atomic E-state index is 11.8. The second-order valence-electron chi connectivity index (χ2n) is 7.50. The maximum atomic E-state index is 11.8. The van der Waals surface area contributed by atoms with Gasteiger partial charge in [0.2, 0.25) is 0 Å². The van der Waals surface area contributed by atoms with Gasteiger partial charge in [-0.15, -0.1) is 0 Å². The van der Waals surface area contributed by atoms with E-state index in [0.717, 1.165) is 12.8 Å². The van der Waals surface area contributed by atoms with E-state index in [1.54, 1.807) is 31.4 Å². The first kappa shape index (κ1) is 22.1. The molecule has 1 heterocycles. The molecule has 0 amide bonds. The summed E-state index contributed by atoms with van der Waals surface area (Å²) in [6.07, 6.45) is 1.80. The van der Waals surface area contributed by atoms with Gasteiger partial charge in [-0.25, -0.2) is 4.98 Å². The van der Waals surface area contributed by atoms with Crippen molar-refractivity contribution in [1.29, 1.82) is 0 Å². The number of nitrogens with zero attached hydrogens (tertiary/aromatic N) is 1. The van der Waals surface area contributed by atoms with Crippen molar-refractivity contribution < 1.29 is 24.1 Å². The number of benzene rings is 3. The maximum Gasteiger partial charge on any atom is 0.161 e. The van der Waals surface area contributed by atoms with Gasteiger partial charge in [0.15, 0.2) is 11.5 Å². The number of aromatic nitrogens is 1. The van der Waals surface area contributed by atoms with Crippen LogP contribution >= 0.6 is 0 Å². The molecule has 0 atom stereocenters. The summed E-state index contributed by atoms with van der Waals surface area (Å²) in [5.74, 6) is 0.376. The predicted molar refractivity (Wildman–Crippen MR) is 125 cm³/mol. The smallest absolute Gasteiger partial charge is 0.161 e. The van der Waals surface area contributed by atoms with Gasteiger partial charge in [0.1, 0.15) is 11.3 Å². The van der Waals surface area contributed by atoms with Gasteiger partial charge >= 0.3 is 0 Å². The Bertz CT molecular complexity index is 1270. The molecule has 0 unspecified atom stereocenters.